The molecule has 0 aliphatic carbocycles. The van der Waals surface area contributed by atoms with Gasteiger partial charge in [0.25, 0.3) is 0 Å². The lowest BCUT2D eigenvalue weighted by Crippen LogP contribution is -2.22. The zero-order valence-corrected chi connectivity index (χ0v) is 24.8. The molecule has 2 N–H and O–H groups in total. The first-order valence-corrected chi connectivity index (χ1v) is 14.8. The van der Waals surface area contributed by atoms with Crippen molar-refractivity contribution in [2.45, 2.75) is 77.2 Å². The number of anilines is 1. The number of nitrogens with one attached hydrogen (secondary N) is 1. The molecule has 42 heavy (non-hydrogen) atoms. The van der Waals surface area contributed by atoms with Gasteiger partial charge in [0.1, 0.15) is 17.7 Å². The zero-order valence-electron chi connectivity index (χ0n) is 24.8. The second-order valence-corrected chi connectivity index (χ2v) is 11.0. The van der Waals surface area contributed by atoms with Gasteiger partial charge in [-0.2, -0.15) is 0 Å². The van der Waals surface area contributed by atoms with Gasteiger partial charge in [-0.15, -0.1) is 0 Å². The number of allylic oxidation sites excluding steroid dienone is 1. The van der Waals surface area contributed by atoms with Crippen LogP contribution in [0.2, 0.25) is 0 Å². The number of ether oxygens (including phenoxy) is 2. The maximum atomic E-state index is 13.4. The molecule has 3 heterocycles. The number of esters is 1. The van der Waals surface area contributed by atoms with Crippen molar-refractivity contribution < 1.29 is 24.2 Å². The van der Waals surface area contributed by atoms with Crippen molar-refractivity contribution in [2.75, 3.05) is 25.5 Å². The van der Waals surface area contributed by atoms with E-state index in [0.29, 0.717) is 24.6 Å². The van der Waals surface area contributed by atoms with Crippen molar-refractivity contribution in [1.29, 1.82) is 0 Å². The standard InChI is InChI=1S/C34H41N3O5/c1-4-24-8-11-31(42-23(2)38)20-30(39)18-26(27-10-12-32(40)33(19-27)41-3)6-5-14-36-34-17-25(13-15-37-34)7-9-28-21-35-22-29(28)16-24/h10,12-13,15,17,19,22,24,26,31,40H,4,7-9,11,14,16,18,20-21H2,1-3H3,(H,36,37)/t24-,26-,31-/m1/s1. The molecular formula is C34H41N3O5. The van der Waals surface area contributed by atoms with Crippen molar-refractivity contribution in [3.8, 4) is 23.3 Å². The third kappa shape index (κ3) is 8.94. The zero-order chi connectivity index (χ0) is 29.9. The van der Waals surface area contributed by atoms with Crippen LogP contribution in [0, 0.1) is 17.8 Å². The number of aryl methyl sites for hydroxylation is 1. The summed E-state index contributed by atoms with van der Waals surface area (Å²) in [5.74, 6) is 7.05. The lowest BCUT2D eigenvalue weighted by Gasteiger charge is -2.21. The highest BCUT2D eigenvalue weighted by Crippen LogP contribution is 2.32. The van der Waals surface area contributed by atoms with Crippen molar-refractivity contribution in [1.82, 2.24) is 4.98 Å². The van der Waals surface area contributed by atoms with E-state index in [1.54, 1.807) is 18.2 Å². The van der Waals surface area contributed by atoms with Crippen LogP contribution in [-0.2, 0) is 20.7 Å². The van der Waals surface area contributed by atoms with Crippen LogP contribution in [0.4, 0.5) is 5.82 Å². The summed E-state index contributed by atoms with van der Waals surface area (Å²) in [7, 11) is 1.48. The number of Topliss-reactive ketones (excluding diaryl/α,β-unsaturated/α-hetero) is 1. The normalized spacial score (nSPS) is 21.9. The number of carbonyl (C=O) groups excluding carboxylic acids is 2. The SMILES string of the molecule is CC[C@@H]1CC[C@@H](OC(C)=O)CC(=O)C[C@H](c2ccc(O)c(OC)c2)C#CCNc2cc(ccn2)CCC2=C(C=NC2)C1. The van der Waals surface area contributed by atoms with Gasteiger partial charge in [0, 0.05) is 32.2 Å². The summed E-state index contributed by atoms with van der Waals surface area (Å²) >= 11 is 0. The topological polar surface area (TPSA) is 110 Å². The van der Waals surface area contributed by atoms with Gasteiger partial charge in [-0.1, -0.05) is 31.3 Å². The predicted molar refractivity (Wildman–Crippen MR) is 164 cm³/mol. The monoisotopic (exact) mass is 571 g/mol. The Bertz CT molecular complexity index is 1390. The summed E-state index contributed by atoms with van der Waals surface area (Å²) < 4.78 is 10.9. The summed E-state index contributed by atoms with van der Waals surface area (Å²) in [4.78, 5) is 34.3. The summed E-state index contributed by atoms with van der Waals surface area (Å²) in [5, 5.41) is 13.4. The minimum absolute atomic E-state index is 0.0206. The summed E-state index contributed by atoms with van der Waals surface area (Å²) in [6.45, 7) is 4.67. The van der Waals surface area contributed by atoms with Crippen LogP contribution >= 0.6 is 0 Å². The number of ketones is 1. The van der Waals surface area contributed by atoms with Crippen molar-refractivity contribution in [3.05, 3.63) is 58.8 Å². The Labute approximate surface area is 248 Å². The number of aromatic hydroxyl groups is 1. The molecule has 222 valence electrons. The molecule has 0 unspecified atom stereocenters. The van der Waals surface area contributed by atoms with Crippen LogP contribution in [-0.4, -0.2) is 54.4 Å². The lowest BCUT2D eigenvalue weighted by molar-refractivity contribution is -0.148. The molecule has 0 spiro atoms. The number of methoxy groups -OCH3 is 1. The van der Waals surface area contributed by atoms with E-state index in [9.17, 15) is 14.7 Å². The molecule has 8 nitrogen and oxygen atoms in total. The fraction of sp³-hybridized carbons (Fsp3) is 0.471. The largest absolute Gasteiger partial charge is 0.504 e. The number of phenols is 1. The summed E-state index contributed by atoms with van der Waals surface area (Å²) in [6.07, 6.45) is 8.87. The minimum Gasteiger partial charge on any atom is -0.504 e. The number of hydrogen-bond donors (Lipinski definition) is 2. The van der Waals surface area contributed by atoms with Crippen LogP contribution in [0.25, 0.3) is 0 Å². The van der Waals surface area contributed by atoms with Gasteiger partial charge in [-0.05, 0) is 84.6 Å². The molecule has 1 aromatic heterocycles. The first-order valence-electron chi connectivity index (χ1n) is 14.8. The van der Waals surface area contributed by atoms with Crippen molar-refractivity contribution >= 4 is 23.8 Å². The van der Waals surface area contributed by atoms with E-state index in [-0.39, 0.29) is 30.3 Å². The molecule has 0 amide bonds. The van der Waals surface area contributed by atoms with E-state index >= 15 is 0 Å². The molecule has 0 fully saturated rings. The highest BCUT2D eigenvalue weighted by atomic mass is 16.5. The van der Waals surface area contributed by atoms with Crippen molar-refractivity contribution in [2.24, 2.45) is 10.9 Å². The van der Waals surface area contributed by atoms with Gasteiger partial charge in [0.05, 0.1) is 26.1 Å². The number of rotatable bonds is 4. The first-order chi connectivity index (χ1) is 20.3. The Hall–Kier alpha value is -4.12. The third-order valence-electron chi connectivity index (χ3n) is 7.97. The number of phenolic OH excluding ortho intramolecular Hbond substituents is 1. The second-order valence-electron chi connectivity index (χ2n) is 11.0. The van der Waals surface area contributed by atoms with Gasteiger partial charge < -0.3 is 19.9 Å². The minimum atomic E-state index is -0.485. The second kappa shape index (κ2) is 15.2. The maximum absolute atomic E-state index is 13.4. The summed E-state index contributed by atoms with van der Waals surface area (Å²) in [6, 6.07) is 9.12. The average molecular weight is 572 g/mol. The lowest BCUT2D eigenvalue weighted by atomic mass is 9.87. The fourth-order valence-corrected chi connectivity index (χ4v) is 5.57. The Morgan fingerprint density at radius 1 is 1.14 bits per heavy atom. The molecule has 0 saturated heterocycles. The van der Waals surface area contributed by atoms with E-state index in [4.69, 9.17) is 9.47 Å². The van der Waals surface area contributed by atoms with E-state index in [1.807, 2.05) is 18.5 Å². The highest BCUT2D eigenvalue weighted by Gasteiger charge is 2.23. The van der Waals surface area contributed by atoms with Crippen LogP contribution < -0.4 is 10.1 Å². The van der Waals surface area contributed by atoms with E-state index < -0.39 is 12.0 Å². The number of pyridine rings is 1. The Morgan fingerprint density at radius 3 is 2.79 bits per heavy atom. The first kappa shape index (κ1) is 30.8. The number of benzene rings is 1. The fourth-order valence-electron chi connectivity index (χ4n) is 5.57. The van der Waals surface area contributed by atoms with Crippen LogP contribution in [0.1, 0.15) is 75.8 Å². The van der Waals surface area contributed by atoms with E-state index in [2.05, 4.69) is 40.1 Å². The number of nitrogens with zero attached hydrogens (tertiary/aromatic N) is 2. The molecule has 4 rings (SSSR count). The Morgan fingerprint density at radius 2 is 2.00 bits per heavy atom. The maximum Gasteiger partial charge on any atom is 0.302 e. The highest BCUT2D eigenvalue weighted by molar-refractivity contribution is 5.82. The molecule has 3 atom stereocenters. The molecule has 0 saturated carbocycles. The molecule has 2 bridgehead atoms. The number of aliphatic imine (C=N–C) groups is 1. The van der Waals surface area contributed by atoms with Gasteiger partial charge in [0.2, 0.25) is 0 Å². The Balaban J connectivity index is 1.62. The Kier molecular flexibility index (Phi) is 11.2. The van der Waals surface area contributed by atoms with Gasteiger partial charge in [-0.25, -0.2) is 4.98 Å². The van der Waals surface area contributed by atoms with Gasteiger partial charge in [0.15, 0.2) is 11.5 Å². The number of carbonyl (C=O) groups is 2. The number of hydrogen-bond acceptors (Lipinski definition) is 8. The molecule has 2 aliphatic heterocycles. The quantitative estimate of drug-likeness (QED) is 0.353. The molecule has 8 heteroatoms. The third-order valence-corrected chi connectivity index (χ3v) is 7.97. The summed E-state index contributed by atoms with van der Waals surface area (Å²) in [5.41, 5.74) is 4.66. The van der Waals surface area contributed by atoms with Crippen molar-refractivity contribution in [3.63, 3.8) is 0 Å². The smallest absolute Gasteiger partial charge is 0.302 e. The van der Waals surface area contributed by atoms with Crippen LogP contribution in [0.3, 0.4) is 0 Å². The predicted octanol–water partition coefficient (Wildman–Crippen LogP) is 5.80. The molecular weight excluding hydrogens is 530 g/mol. The number of aromatic nitrogens is 1. The van der Waals surface area contributed by atoms with Gasteiger partial charge in [-0.3, -0.25) is 14.6 Å². The van der Waals surface area contributed by atoms with Crippen LogP contribution in [0.5, 0.6) is 11.5 Å². The van der Waals surface area contributed by atoms with E-state index in [0.717, 1.165) is 50.0 Å². The number of fused-ring (bicyclic) bond motifs is 2. The van der Waals surface area contributed by atoms with E-state index in [1.165, 1.54) is 30.7 Å². The van der Waals surface area contributed by atoms with Crippen LogP contribution in [0.15, 0.2) is 52.7 Å². The molecule has 2 aliphatic rings. The molecule has 2 aromatic rings. The average Bonchev–Trinajstić information content (AvgIpc) is 3.42. The molecule has 1 aromatic carbocycles. The molecule has 0 radical (unpaired) electrons. The van der Waals surface area contributed by atoms with Gasteiger partial charge >= 0.3 is 5.97 Å².